The maximum absolute atomic E-state index is 13.0. The van der Waals surface area contributed by atoms with Crippen molar-refractivity contribution in [3.8, 4) is 0 Å². The standard InChI is InChI=1S/C22H33N5O6S/c1-10(28)7-23-9-15(29)25-12(3)16-17-11(2)19(18(22(32)33)27(17)21(16)31)34-13-6-14(24-8-13)20(30)26(4)5/h11-14,16-17,23-24H,6-9H2,1-5H3,(H,25,29)(H,32,33)/t11-,12-,13+,14+,16-,17-/m1/s1. The molecular weight excluding hydrogens is 462 g/mol. The monoisotopic (exact) mass is 495 g/mol. The van der Waals surface area contributed by atoms with Gasteiger partial charge in [0, 0.05) is 42.8 Å². The molecule has 188 valence electrons. The summed E-state index contributed by atoms with van der Waals surface area (Å²) < 4.78 is 0. The fourth-order valence-electron chi connectivity index (χ4n) is 4.92. The van der Waals surface area contributed by atoms with E-state index >= 15 is 0 Å². The molecule has 0 saturated carbocycles. The van der Waals surface area contributed by atoms with E-state index < -0.39 is 17.9 Å². The average molecular weight is 496 g/mol. The van der Waals surface area contributed by atoms with Gasteiger partial charge in [0.1, 0.15) is 11.5 Å². The number of carbonyl (C=O) groups excluding carboxylic acids is 4. The lowest BCUT2D eigenvalue weighted by molar-refractivity contribution is -0.158. The molecule has 0 unspecified atom stereocenters. The van der Waals surface area contributed by atoms with E-state index in [1.165, 1.54) is 28.5 Å². The third kappa shape index (κ3) is 5.13. The number of Topliss-reactive ketones (excluding diaryl/α,β-unsaturated/α-hetero) is 1. The van der Waals surface area contributed by atoms with E-state index in [4.69, 9.17) is 0 Å². The first-order valence-electron chi connectivity index (χ1n) is 11.3. The van der Waals surface area contributed by atoms with Crippen LogP contribution in [-0.2, 0) is 24.0 Å². The van der Waals surface area contributed by atoms with E-state index in [1.54, 1.807) is 21.0 Å². The Morgan fingerprint density at radius 3 is 2.53 bits per heavy atom. The largest absolute Gasteiger partial charge is 0.477 e. The molecule has 0 aromatic carbocycles. The zero-order chi connectivity index (χ0) is 25.3. The molecule has 3 aliphatic heterocycles. The van der Waals surface area contributed by atoms with Crippen molar-refractivity contribution in [2.24, 2.45) is 11.8 Å². The second kappa shape index (κ2) is 10.4. The van der Waals surface area contributed by atoms with E-state index in [1.807, 2.05) is 6.92 Å². The molecular formula is C22H33N5O6S. The molecule has 3 amide bonds. The first-order valence-corrected chi connectivity index (χ1v) is 12.2. The normalized spacial score (nSPS) is 28.9. The predicted molar refractivity (Wildman–Crippen MR) is 126 cm³/mol. The molecule has 0 aliphatic carbocycles. The third-order valence-corrected chi connectivity index (χ3v) is 8.01. The Morgan fingerprint density at radius 1 is 1.26 bits per heavy atom. The van der Waals surface area contributed by atoms with Crippen molar-refractivity contribution in [2.45, 2.75) is 50.6 Å². The van der Waals surface area contributed by atoms with Gasteiger partial charge in [0.2, 0.25) is 17.7 Å². The van der Waals surface area contributed by atoms with E-state index in [-0.39, 0.29) is 65.5 Å². The summed E-state index contributed by atoms with van der Waals surface area (Å²) in [4.78, 5) is 64.1. The molecule has 0 aromatic heterocycles. The van der Waals surface area contributed by atoms with Crippen molar-refractivity contribution in [2.75, 3.05) is 33.7 Å². The molecule has 0 radical (unpaired) electrons. The van der Waals surface area contributed by atoms with Crippen LogP contribution in [0.4, 0.5) is 0 Å². The van der Waals surface area contributed by atoms with Crippen LogP contribution in [0.3, 0.4) is 0 Å². The van der Waals surface area contributed by atoms with Gasteiger partial charge in [-0.05, 0) is 20.3 Å². The maximum atomic E-state index is 13.0. The number of nitrogens with zero attached hydrogens (tertiary/aromatic N) is 2. The smallest absolute Gasteiger partial charge is 0.353 e. The van der Waals surface area contributed by atoms with Gasteiger partial charge < -0.3 is 30.9 Å². The number of thioether (sulfide) groups is 1. The Balaban J connectivity index is 1.67. The summed E-state index contributed by atoms with van der Waals surface area (Å²) in [6.07, 6.45) is 0.576. The molecule has 34 heavy (non-hydrogen) atoms. The lowest BCUT2D eigenvalue weighted by Gasteiger charge is -2.47. The number of hydrogen-bond donors (Lipinski definition) is 4. The van der Waals surface area contributed by atoms with Gasteiger partial charge >= 0.3 is 5.97 Å². The summed E-state index contributed by atoms with van der Waals surface area (Å²) in [6.45, 7) is 5.67. The first kappa shape index (κ1) is 26.2. The molecule has 3 heterocycles. The highest BCUT2D eigenvalue weighted by molar-refractivity contribution is 8.03. The molecule has 0 bridgehead atoms. The molecule has 3 aliphatic rings. The maximum Gasteiger partial charge on any atom is 0.353 e. The zero-order valence-corrected chi connectivity index (χ0v) is 20.9. The highest BCUT2D eigenvalue weighted by Crippen LogP contribution is 2.51. The van der Waals surface area contributed by atoms with Crippen LogP contribution in [0.15, 0.2) is 10.6 Å². The van der Waals surface area contributed by atoms with Gasteiger partial charge in [-0.25, -0.2) is 4.79 Å². The number of likely N-dealkylation sites (N-methyl/N-ethyl adjacent to an activating group) is 1. The number of hydrogen-bond acceptors (Lipinski definition) is 8. The minimum atomic E-state index is -1.15. The highest BCUT2D eigenvalue weighted by atomic mass is 32.2. The lowest BCUT2D eigenvalue weighted by atomic mass is 9.78. The number of carboxylic acids is 1. The molecule has 2 saturated heterocycles. The van der Waals surface area contributed by atoms with Gasteiger partial charge in [0.15, 0.2) is 0 Å². The average Bonchev–Trinajstić information content (AvgIpc) is 3.29. The van der Waals surface area contributed by atoms with Crippen LogP contribution >= 0.6 is 11.8 Å². The third-order valence-electron chi connectivity index (χ3n) is 6.50. The fourth-order valence-corrected chi connectivity index (χ4v) is 6.39. The number of carboxylic acid groups (broad SMARTS) is 1. The van der Waals surface area contributed by atoms with Gasteiger partial charge in [-0.2, -0.15) is 0 Å². The SMILES string of the molecule is CC(=O)CNCC(=O)N[C@H](C)[C@H]1C(=O)N2C(C(=O)O)=C(S[C@@H]3CN[C@H](C(=O)N(C)C)C3)[C@H](C)[C@H]12. The Bertz CT molecular complexity index is 921. The fraction of sp³-hybridized carbons (Fsp3) is 0.682. The van der Waals surface area contributed by atoms with Crippen LogP contribution < -0.4 is 16.0 Å². The number of fused-ring (bicyclic) bond motifs is 1. The van der Waals surface area contributed by atoms with E-state index in [2.05, 4.69) is 16.0 Å². The van der Waals surface area contributed by atoms with Crippen molar-refractivity contribution in [3.05, 3.63) is 10.6 Å². The van der Waals surface area contributed by atoms with Crippen LogP contribution in [0.5, 0.6) is 0 Å². The Labute approximate surface area is 203 Å². The minimum Gasteiger partial charge on any atom is -0.477 e. The molecule has 3 rings (SSSR count). The van der Waals surface area contributed by atoms with Gasteiger partial charge in [0.25, 0.3) is 0 Å². The van der Waals surface area contributed by atoms with E-state index in [0.29, 0.717) is 17.9 Å². The summed E-state index contributed by atoms with van der Waals surface area (Å²) in [5, 5.41) is 18.6. The minimum absolute atomic E-state index is 0.00721. The van der Waals surface area contributed by atoms with Crippen molar-refractivity contribution in [1.29, 1.82) is 0 Å². The van der Waals surface area contributed by atoms with Crippen LogP contribution in [-0.4, -0.2) is 101 Å². The number of carbonyl (C=O) groups is 5. The van der Waals surface area contributed by atoms with Gasteiger partial charge in [-0.15, -0.1) is 11.8 Å². The van der Waals surface area contributed by atoms with Crippen molar-refractivity contribution < 1.29 is 29.1 Å². The first-order chi connectivity index (χ1) is 15.9. The topological polar surface area (TPSA) is 148 Å². The van der Waals surface area contributed by atoms with Crippen molar-refractivity contribution in [1.82, 2.24) is 25.8 Å². The zero-order valence-electron chi connectivity index (χ0n) is 20.1. The van der Waals surface area contributed by atoms with Gasteiger partial charge in [-0.3, -0.25) is 19.2 Å². The Kier molecular flexibility index (Phi) is 8.04. The number of aliphatic carboxylic acids is 1. The summed E-state index contributed by atoms with van der Waals surface area (Å²) in [5.41, 5.74) is 0.00721. The second-order valence-corrected chi connectivity index (χ2v) is 10.7. The van der Waals surface area contributed by atoms with Crippen LogP contribution in [0, 0.1) is 11.8 Å². The van der Waals surface area contributed by atoms with Gasteiger partial charge in [-0.1, -0.05) is 6.92 Å². The lowest BCUT2D eigenvalue weighted by Crippen LogP contribution is -2.66. The van der Waals surface area contributed by atoms with Crippen molar-refractivity contribution in [3.63, 3.8) is 0 Å². The molecule has 4 N–H and O–H groups in total. The van der Waals surface area contributed by atoms with Crippen LogP contribution in [0.2, 0.25) is 0 Å². The van der Waals surface area contributed by atoms with Crippen LogP contribution in [0.1, 0.15) is 27.2 Å². The van der Waals surface area contributed by atoms with Gasteiger partial charge in [0.05, 0.1) is 31.1 Å². The number of amides is 3. The summed E-state index contributed by atoms with van der Waals surface area (Å²) in [6, 6.07) is -1.15. The summed E-state index contributed by atoms with van der Waals surface area (Å²) in [5.74, 6) is -2.66. The summed E-state index contributed by atoms with van der Waals surface area (Å²) >= 11 is 1.43. The van der Waals surface area contributed by atoms with Crippen molar-refractivity contribution >= 4 is 41.2 Å². The summed E-state index contributed by atoms with van der Waals surface area (Å²) in [7, 11) is 3.40. The Hall–Kier alpha value is -2.44. The van der Waals surface area contributed by atoms with E-state index in [0.717, 1.165) is 0 Å². The van der Waals surface area contributed by atoms with E-state index in [9.17, 15) is 29.1 Å². The second-order valence-electron chi connectivity index (χ2n) is 9.36. The molecule has 12 heteroatoms. The van der Waals surface area contributed by atoms with Crippen LogP contribution in [0.25, 0.3) is 0 Å². The molecule has 11 nitrogen and oxygen atoms in total. The number of ketones is 1. The Morgan fingerprint density at radius 2 is 1.94 bits per heavy atom. The quantitative estimate of drug-likeness (QED) is 0.280. The number of nitrogens with one attached hydrogen (secondary N) is 3. The predicted octanol–water partition coefficient (Wildman–Crippen LogP) is -1.01. The molecule has 0 aromatic rings. The molecule has 6 atom stereocenters. The highest BCUT2D eigenvalue weighted by Gasteiger charge is 2.60. The number of β-lactam (4-membered cyclic amide) rings is 1. The number of rotatable bonds is 10. The molecule has 0 spiro atoms. The molecule has 2 fully saturated rings.